The summed E-state index contributed by atoms with van der Waals surface area (Å²) in [5.74, 6) is 0. The van der Waals surface area contributed by atoms with E-state index in [0.29, 0.717) is 0 Å². The number of rotatable bonds is 0. The molecule has 11 heavy (non-hydrogen) atoms. The molecule has 0 bridgehead atoms. The van der Waals surface area contributed by atoms with E-state index < -0.39 is 0 Å². The van der Waals surface area contributed by atoms with Gasteiger partial charge in [0.05, 0.1) is 0 Å². The first-order valence-corrected chi connectivity index (χ1v) is 3.50. The predicted octanol–water partition coefficient (Wildman–Crippen LogP) is 2.73. The molecule has 1 nitrogen and oxygen atoms in total. The molecule has 0 atom stereocenters. The van der Waals surface area contributed by atoms with Gasteiger partial charge in [0, 0.05) is 21.7 Å². The number of hydrogen-bond acceptors (Lipinski definition) is 2. The van der Waals surface area contributed by atoms with Crippen LogP contribution in [0.2, 0.25) is 0 Å². The summed E-state index contributed by atoms with van der Waals surface area (Å²) in [6.07, 6.45) is 0. The summed E-state index contributed by atoms with van der Waals surface area (Å²) in [5.41, 5.74) is 3.87. The SMILES string of the molecule is C.[Ti].[c-]1nc2ccccc2s1. The molecule has 3 heteroatoms. The minimum Gasteiger partial charge on any atom is -0.386 e. The number of benzene rings is 1. The molecule has 0 saturated heterocycles. The van der Waals surface area contributed by atoms with E-state index >= 15 is 0 Å². The van der Waals surface area contributed by atoms with Crippen LogP contribution in [0.5, 0.6) is 0 Å². The molecule has 1 aromatic carbocycles. The Hall–Kier alpha value is -0.176. The van der Waals surface area contributed by atoms with Gasteiger partial charge in [-0.15, -0.1) is 16.8 Å². The molecule has 56 valence electrons. The predicted molar refractivity (Wildman–Crippen MR) is 45.2 cm³/mol. The van der Waals surface area contributed by atoms with E-state index in [1.165, 1.54) is 4.70 Å². The second-order valence-corrected chi connectivity index (χ2v) is 2.60. The third kappa shape index (κ3) is 2.12. The van der Waals surface area contributed by atoms with Crippen molar-refractivity contribution in [1.82, 2.24) is 4.98 Å². The number of para-hydroxylation sites is 1. The van der Waals surface area contributed by atoms with E-state index in [9.17, 15) is 0 Å². The first-order valence-electron chi connectivity index (χ1n) is 2.68. The Bertz CT molecular complexity index is 288. The van der Waals surface area contributed by atoms with Gasteiger partial charge in [-0.05, 0) is 5.51 Å². The quantitative estimate of drug-likeness (QED) is 0.468. The Balaban J connectivity index is 0.000000500. The van der Waals surface area contributed by atoms with Gasteiger partial charge in [-0.25, -0.2) is 0 Å². The second kappa shape index (κ2) is 4.65. The summed E-state index contributed by atoms with van der Waals surface area (Å²) in [6.45, 7) is 0. The van der Waals surface area contributed by atoms with E-state index in [4.69, 9.17) is 0 Å². The fraction of sp³-hybridized carbons (Fsp3) is 0.125. The Morgan fingerprint density at radius 3 is 2.73 bits per heavy atom. The molecule has 0 amide bonds. The largest absolute Gasteiger partial charge is 0.386 e. The minimum absolute atomic E-state index is 0. The maximum Gasteiger partial charge on any atom is 0 e. The van der Waals surface area contributed by atoms with E-state index in [-0.39, 0.29) is 29.1 Å². The van der Waals surface area contributed by atoms with Gasteiger partial charge >= 0.3 is 0 Å². The third-order valence-electron chi connectivity index (χ3n) is 1.19. The van der Waals surface area contributed by atoms with Gasteiger partial charge in [0.1, 0.15) is 0 Å². The van der Waals surface area contributed by atoms with Crippen LogP contribution in [0.3, 0.4) is 0 Å². The second-order valence-electron chi connectivity index (χ2n) is 1.77. The summed E-state index contributed by atoms with van der Waals surface area (Å²) < 4.78 is 1.21. The molecular weight excluding hydrogens is 190 g/mol. The topological polar surface area (TPSA) is 12.9 Å². The molecule has 0 aliphatic carbocycles. The number of fused-ring (bicyclic) bond motifs is 1. The standard InChI is InChI=1S/C7H4NS.CH4.Ti/c1-2-4-7-6(3-1)8-5-9-7;;/h1-4H;1H4;/q-1;;. The van der Waals surface area contributed by atoms with Crippen molar-refractivity contribution in [3.05, 3.63) is 29.8 Å². The minimum atomic E-state index is 0. The average Bonchev–Trinajstić information content (AvgIpc) is 2.33. The van der Waals surface area contributed by atoms with Gasteiger partial charge < -0.3 is 4.98 Å². The van der Waals surface area contributed by atoms with Crippen LogP contribution in [-0.2, 0) is 21.7 Å². The summed E-state index contributed by atoms with van der Waals surface area (Å²) in [4.78, 5) is 4.01. The zero-order valence-corrected chi connectivity index (χ0v) is 7.54. The fourth-order valence-corrected chi connectivity index (χ4v) is 1.36. The molecule has 0 spiro atoms. The normalized spacial score (nSPS) is 8.36. The molecule has 0 aliphatic rings. The van der Waals surface area contributed by atoms with Crippen molar-refractivity contribution < 1.29 is 21.7 Å². The van der Waals surface area contributed by atoms with Crippen molar-refractivity contribution >= 4 is 21.6 Å². The Labute approximate surface area is 85.3 Å². The number of nitrogens with zero attached hydrogens (tertiary/aromatic N) is 1. The van der Waals surface area contributed by atoms with E-state index in [1.807, 2.05) is 24.3 Å². The Morgan fingerprint density at radius 2 is 2.00 bits per heavy atom. The first kappa shape index (κ1) is 10.8. The molecule has 1 aromatic heterocycles. The Kier molecular flexibility index (Phi) is 4.58. The molecule has 0 aliphatic heterocycles. The molecule has 0 N–H and O–H groups in total. The van der Waals surface area contributed by atoms with Crippen molar-refractivity contribution in [3.8, 4) is 0 Å². The average molecular weight is 198 g/mol. The van der Waals surface area contributed by atoms with Gasteiger partial charge in [0.25, 0.3) is 0 Å². The number of aromatic nitrogens is 1. The van der Waals surface area contributed by atoms with E-state index in [1.54, 1.807) is 11.3 Å². The zero-order chi connectivity index (χ0) is 6.10. The van der Waals surface area contributed by atoms with Gasteiger partial charge in [-0.3, -0.25) is 11.3 Å². The van der Waals surface area contributed by atoms with Crippen LogP contribution in [0.1, 0.15) is 7.43 Å². The van der Waals surface area contributed by atoms with Gasteiger partial charge in [-0.2, -0.15) is 0 Å². The summed E-state index contributed by atoms with van der Waals surface area (Å²) in [6, 6.07) is 8.02. The van der Waals surface area contributed by atoms with Crippen LogP contribution in [0.4, 0.5) is 0 Å². The summed E-state index contributed by atoms with van der Waals surface area (Å²) in [7, 11) is 0. The van der Waals surface area contributed by atoms with Gasteiger partial charge in [-0.1, -0.05) is 25.1 Å². The van der Waals surface area contributed by atoms with Gasteiger partial charge in [0.15, 0.2) is 0 Å². The molecule has 0 saturated carbocycles. The van der Waals surface area contributed by atoms with Crippen LogP contribution in [-0.4, -0.2) is 4.98 Å². The monoisotopic (exact) mass is 198 g/mol. The molecule has 0 fully saturated rings. The van der Waals surface area contributed by atoms with E-state index in [2.05, 4.69) is 10.5 Å². The first-order chi connectivity index (χ1) is 4.47. The molecule has 1 heterocycles. The Morgan fingerprint density at radius 1 is 1.27 bits per heavy atom. The molecular formula is C8H8NSTi-. The van der Waals surface area contributed by atoms with Gasteiger partial charge in [0.2, 0.25) is 0 Å². The van der Waals surface area contributed by atoms with E-state index in [0.717, 1.165) is 5.52 Å². The van der Waals surface area contributed by atoms with Crippen LogP contribution in [0, 0.1) is 5.51 Å². The number of thiazole rings is 1. The van der Waals surface area contributed by atoms with Crippen LogP contribution in [0.25, 0.3) is 10.2 Å². The maximum absolute atomic E-state index is 4.01. The van der Waals surface area contributed by atoms with Crippen LogP contribution in [0.15, 0.2) is 24.3 Å². The van der Waals surface area contributed by atoms with Crippen molar-refractivity contribution in [1.29, 1.82) is 0 Å². The maximum atomic E-state index is 4.01. The summed E-state index contributed by atoms with van der Waals surface area (Å²) >= 11 is 1.55. The molecule has 0 radical (unpaired) electrons. The summed E-state index contributed by atoms with van der Waals surface area (Å²) in [5, 5.41) is 0. The molecule has 2 aromatic rings. The zero-order valence-electron chi connectivity index (χ0n) is 5.16. The van der Waals surface area contributed by atoms with Crippen LogP contribution >= 0.6 is 11.3 Å². The van der Waals surface area contributed by atoms with Crippen molar-refractivity contribution in [2.24, 2.45) is 0 Å². The molecule has 2 rings (SSSR count). The van der Waals surface area contributed by atoms with Crippen molar-refractivity contribution in [3.63, 3.8) is 0 Å². The van der Waals surface area contributed by atoms with Crippen molar-refractivity contribution in [2.75, 3.05) is 0 Å². The molecule has 0 unspecified atom stereocenters. The smallest absolute Gasteiger partial charge is 0 e. The fourth-order valence-electron chi connectivity index (χ4n) is 0.757. The third-order valence-corrected chi connectivity index (χ3v) is 1.93. The number of hydrogen-bond donors (Lipinski definition) is 0. The van der Waals surface area contributed by atoms with Crippen molar-refractivity contribution in [2.45, 2.75) is 7.43 Å². The van der Waals surface area contributed by atoms with Crippen LogP contribution < -0.4 is 0 Å².